The Hall–Kier alpha value is -4.00. The van der Waals surface area contributed by atoms with Crippen LogP contribution in [0.25, 0.3) is 27.7 Å². The van der Waals surface area contributed by atoms with Gasteiger partial charge in [0.2, 0.25) is 0 Å². The van der Waals surface area contributed by atoms with E-state index in [1.54, 1.807) is 4.68 Å². The van der Waals surface area contributed by atoms with Crippen molar-refractivity contribution >= 4 is 22.0 Å². The summed E-state index contributed by atoms with van der Waals surface area (Å²) in [7, 11) is 0. The van der Waals surface area contributed by atoms with Crippen molar-refractivity contribution in [1.82, 2.24) is 19.3 Å². The Kier molecular flexibility index (Phi) is 4.10. The van der Waals surface area contributed by atoms with Crippen LogP contribution in [0.2, 0.25) is 0 Å². The van der Waals surface area contributed by atoms with Crippen molar-refractivity contribution in [1.29, 1.82) is 0 Å². The highest BCUT2D eigenvalue weighted by molar-refractivity contribution is 5.84. The van der Waals surface area contributed by atoms with Crippen LogP contribution in [-0.2, 0) is 6.54 Å². The number of rotatable bonds is 3. The van der Waals surface area contributed by atoms with Crippen LogP contribution in [-0.4, -0.2) is 19.3 Å². The number of para-hydroxylation sites is 1. The normalized spacial score (nSPS) is 11.4. The third-order valence-corrected chi connectivity index (χ3v) is 5.41. The topological polar surface area (TPSA) is 82.9 Å². The largest absolute Gasteiger partial charge is 0.422 e. The molecule has 148 valence electrons. The van der Waals surface area contributed by atoms with Gasteiger partial charge in [0.25, 0.3) is 5.56 Å². The molecule has 7 heteroatoms. The molecule has 0 radical (unpaired) electrons. The van der Waals surface area contributed by atoms with E-state index in [0.717, 1.165) is 22.2 Å². The molecule has 2 aromatic carbocycles. The van der Waals surface area contributed by atoms with Crippen LogP contribution in [0.1, 0.15) is 16.7 Å². The van der Waals surface area contributed by atoms with E-state index in [2.05, 4.69) is 10.1 Å². The minimum Gasteiger partial charge on any atom is -0.422 e. The highest BCUT2D eigenvalue weighted by Crippen LogP contribution is 2.23. The van der Waals surface area contributed by atoms with Gasteiger partial charge in [-0.15, -0.1) is 0 Å². The first-order valence-electron chi connectivity index (χ1n) is 9.54. The first-order chi connectivity index (χ1) is 14.5. The standard InChI is InChI=1S/C23H18N4O3/c1-14-8-9-18-16(10-20(28)30-21(18)15(14)2)12-26-13-24-22-19(23(26)29)11-25-27(22)17-6-4-3-5-7-17/h3-11,13H,12H2,1-2H3. The minimum absolute atomic E-state index is 0.211. The van der Waals surface area contributed by atoms with Gasteiger partial charge in [0.05, 0.1) is 18.4 Å². The second kappa shape index (κ2) is 6.81. The van der Waals surface area contributed by atoms with E-state index in [4.69, 9.17) is 4.42 Å². The fourth-order valence-electron chi connectivity index (χ4n) is 3.66. The summed E-state index contributed by atoms with van der Waals surface area (Å²) in [6.45, 7) is 4.10. The number of hydrogen-bond acceptors (Lipinski definition) is 5. The molecule has 3 aromatic heterocycles. The van der Waals surface area contributed by atoms with Gasteiger partial charge in [0.15, 0.2) is 5.65 Å². The van der Waals surface area contributed by atoms with Crippen molar-refractivity contribution in [3.8, 4) is 5.69 Å². The summed E-state index contributed by atoms with van der Waals surface area (Å²) in [6, 6.07) is 14.9. The van der Waals surface area contributed by atoms with Gasteiger partial charge in [-0.1, -0.05) is 30.3 Å². The van der Waals surface area contributed by atoms with Crippen LogP contribution in [0.5, 0.6) is 0 Å². The Morgan fingerprint density at radius 3 is 2.60 bits per heavy atom. The molecule has 0 aliphatic heterocycles. The van der Waals surface area contributed by atoms with Gasteiger partial charge < -0.3 is 4.42 Å². The zero-order chi connectivity index (χ0) is 20.8. The molecule has 0 aliphatic carbocycles. The molecule has 3 heterocycles. The van der Waals surface area contributed by atoms with Crippen LogP contribution >= 0.6 is 0 Å². The maximum Gasteiger partial charge on any atom is 0.336 e. The lowest BCUT2D eigenvalue weighted by molar-refractivity contribution is 0.554. The Morgan fingerprint density at radius 1 is 1.00 bits per heavy atom. The second-order valence-electron chi connectivity index (χ2n) is 7.28. The number of nitrogens with zero attached hydrogens (tertiary/aromatic N) is 4. The van der Waals surface area contributed by atoms with Crippen molar-refractivity contribution in [2.45, 2.75) is 20.4 Å². The van der Waals surface area contributed by atoms with Gasteiger partial charge in [-0.3, -0.25) is 9.36 Å². The molecule has 7 nitrogen and oxygen atoms in total. The molecule has 30 heavy (non-hydrogen) atoms. The number of fused-ring (bicyclic) bond motifs is 2. The maximum absolute atomic E-state index is 13.1. The number of aromatic nitrogens is 4. The Bertz CT molecular complexity index is 1530. The highest BCUT2D eigenvalue weighted by Gasteiger charge is 2.14. The molecule has 5 rings (SSSR count). The van der Waals surface area contributed by atoms with E-state index in [1.165, 1.54) is 23.2 Å². The zero-order valence-corrected chi connectivity index (χ0v) is 16.5. The van der Waals surface area contributed by atoms with E-state index in [0.29, 0.717) is 22.2 Å². The number of hydrogen-bond donors (Lipinski definition) is 0. The molecule has 0 atom stereocenters. The molecule has 0 fully saturated rings. The van der Waals surface area contributed by atoms with Crippen LogP contribution < -0.4 is 11.2 Å². The summed E-state index contributed by atoms with van der Waals surface area (Å²) >= 11 is 0. The molecule has 0 aliphatic rings. The van der Waals surface area contributed by atoms with Gasteiger partial charge in [0, 0.05) is 11.5 Å². The third kappa shape index (κ3) is 2.83. The second-order valence-corrected chi connectivity index (χ2v) is 7.28. The van der Waals surface area contributed by atoms with Crippen LogP contribution in [0.15, 0.2) is 75.1 Å². The number of benzene rings is 2. The lowest BCUT2D eigenvalue weighted by Crippen LogP contribution is -2.22. The van der Waals surface area contributed by atoms with E-state index >= 15 is 0 Å². The van der Waals surface area contributed by atoms with Crippen LogP contribution in [0.3, 0.4) is 0 Å². The maximum atomic E-state index is 13.1. The lowest BCUT2D eigenvalue weighted by atomic mass is 10.0. The van der Waals surface area contributed by atoms with Crippen molar-refractivity contribution < 1.29 is 4.42 Å². The van der Waals surface area contributed by atoms with Gasteiger partial charge >= 0.3 is 5.63 Å². The SMILES string of the molecule is Cc1ccc2c(Cn3cnc4c(cnn4-c4ccccc4)c3=O)cc(=O)oc2c1C. The molecular formula is C23H18N4O3. The first-order valence-corrected chi connectivity index (χ1v) is 9.54. The minimum atomic E-state index is -0.440. The molecular weight excluding hydrogens is 380 g/mol. The fraction of sp³-hybridized carbons (Fsp3) is 0.130. The molecule has 0 spiro atoms. The average Bonchev–Trinajstić information content (AvgIpc) is 3.18. The van der Waals surface area contributed by atoms with Crippen molar-refractivity contribution in [3.63, 3.8) is 0 Å². The smallest absolute Gasteiger partial charge is 0.336 e. The van der Waals surface area contributed by atoms with Crippen molar-refractivity contribution in [3.05, 3.63) is 98.5 Å². The summed E-state index contributed by atoms with van der Waals surface area (Å²) in [5, 5.41) is 5.56. The Labute approximate surface area is 170 Å². The van der Waals surface area contributed by atoms with E-state index in [9.17, 15) is 9.59 Å². The van der Waals surface area contributed by atoms with Crippen molar-refractivity contribution in [2.75, 3.05) is 0 Å². The predicted octanol–water partition coefficient (Wildman–Crippen LogP) is 3.35. The van der Waals surface area contributed by atoms with E-state index in [-0.39, 0.29) is 12.1 Å². The summed E-state index contributed by atoms with van der Waals surface area (Å²) in [5.74, 6) is 0. The highest BCUT2D eigenvalue weighted by atomic mass is 16.4. The molecule has 0 N–H and O–H groups in total. The molecule has 0 amide bonds. The fourth-order valence-corrected chi connectivity index (χ4v) is 3.66. The van der Waals surface area contributed by atoms with Crippen LogP contribution in [0.4, 0.5) is 0 Å². The quantitative estimate of drug-likeness (QED) is 0.435. The van der Waals surface area contributed by atoms with Gasteiger partial charge in [-0.25, -0.2) is 14.5 Å². The molecule has 5 aromatic rings. The molecule has 0 bridgehead atoms. The molecule has 0 saturated carbocycles. The van der Waals surface area contributed by atoms with Crippen LogP contribution in [0, 0.1) is 13.8 Å². The zero-order valence-electron chi connectivity index (χ0n) is 16.5. The Balaban J connectivity index is 1.64. The van der Waals surface area contributed by atoms with E-state index in [1.807, 2.05) is 56.3 Å². The van der Waals surface area contributed by atoms with Gasteiger partial charge in [-0.05, 0) is 42.7 Å². The molecule has 0 unspecified atom stereocenters. The predicted molar refractivity (Wildman–Crippen MR) is 114 cm³/mol. The summed E-state index contributed by atoms with van der Waals surface area (Å²) < 4.78 is 8.56. The van der Waals surface area contributed by atoms with Crippen molar-refractivity contribution in [2.24, 2.45) is 0 Å². The molecule has 0 saturated heterocycles. The summed E-state index contributed by atoms with van der Waals surface area (Å²) in [4.78, 5) is 29.7. The monoisotopic (exact) mass is 398 g/mol. The average molecular weight is 398 g/mol. The van der Waals surface area contributed by atoms with Gasteiger partial charge in [0.1, 0.15) is 17.3 Å². The first kappa shape index (κ1) is 18.1. The van der Waals surface area contributed by atoms with Gasteiger partial charge in [-0.2, -0.15) is 5.10 Å². The Morgan fingerprint density at radius 2 is 1.80 bits per heavy atom. The lowest BCUT2D eigenvalue weighted by Gasteiger charge is -2.10. The third-order valence-electron chi connectivity index (χ3n) is 5.41. The van der Waals surface area contributed by atoms with E-state index < -0.39 is 5.63 Å². The number of aryl methyl sites for hydroxylation is 2. The summed E-state index contributed by atoms with van der Waals surface area (Å²) in [6.07, 6.45) is 3.02. The summed E-state index contributed by atoms with van der Waals surface area (Å²) in [5.41, 5.74) is 3.88.